The molecule has 0 spiro atoms. The summed E-state index contributed by atoms with van der Waals surface area (Å²) in [6, 6.07) is -30.5. The highest BCUT2D eigenvalue weighted by Crippen LogP contribution is 2.41. The summed E-state index contributed by atoms with van der Waals surface area (Å²) in [6.07, 6.45) is 0. The molecule has 56 heavy (non-hydrogen) atoms. The van der Waals surface area contributed by atoms with E-state index in [2.05, 4.69) is 15.0 Å². The van der Waals surface area contributed by atoms with Gasteiger partial charge in [0.15, 0.2) is 17.5 Å². The number of hydrogen-bond donors (Lipinski definition) is 0. The van der Waals surface area contributed by atoms with Crippen LogP contribution in [0.25, 0.3) is 104 Å². The number of para-hydroxylation sites is 2. The molecular formula is C51H32N4S. The van der Waals surface area contributed by atoms with Gasteiger partial charge in [-0.3, -0.25) is 0 Å². The first-order chi connectivity index (χ1) is 41.1. The Labute approximate surface area is 372 Å². The molecule has 5 heteroatoms. The Balaban J connectivity index is 1.34. The molecule has 0 radical (unpaired) electrons. The molecule has 0 saturated carbocycles. The molecule has 0 unspecified atom stereocenters. The Bertz CT molecular complexity index is 5000. The number of thiophene rings is 1. The van der Waals surface area contributed by atoms with Gasteiger partial charge in [-0.1, -0.05) is 157 Å². The van der Waals surface area contributed by atoms with Gasteiger partial charge in [0, 0.05) is 53.3 Å². The van der Waals surface area contributed by atoms with Crippen LogP contribution in [0.3, 0.4) is 0 Å². The maximum Gasteiger partial charge on any atom is 0.165 e. The summed E-state index contributed by atoms with van der Waals surface area (Å²) in [5.74, 6) is -2.91. The Kier molecular flexibility index (Phi) is 3.20. The molecule has 4 nitrogen and oxygen atoms in total. The Hall–Kier alpha value is -7.21. The molecule has 11 aromatic rings. The van der Waals surface area contributed by atoms with E-state index in [9.17, 15) is 12.3 Å². The van der Waals surface area contributed by atoms with E-state index in [4.69, 9.17) is 31.5 Å². The van der Waals surface area contributed by atoms with Gasteiger partial charge in [-0.2, -0.15) is 0 Å². The second-order valence-corrected chi connectivity index (χ2v) is 12.6. The Morgan fingerprint density at radius 1 is 0.357 bits per heavy atom. The highest BCUT2D eigenvalue weighted by Gasteiger charge is 2.20. The van der Waals surface area contributed by atoms with Crippen LogP contribution in [-0.2, 0) is 0 Å². The van der Waals surface area contributed by atoms with Gasteiger partial charge < -0.3 is 4.57 Å². The van der Waals surface area contributed by atoms with Gasteiger partial charge in [-0.15, -0.1) is 11.3 Å². The number of benzene rings is 8. The van der Waals surface area contributed by atoms with Crippen molar-refractivity contribution in [2.45, 2.75) is 0 Å². The van der Waals surface area contributed by atoms with Gasteiger partial charge in [-0.05, 0) is 58.5 Å². The number of hydrogen-bond acceptors (Lipinski definition) is 4. The first-order valence-electron chi connectivity index (χ1n) is 32.2. The monoisotopic (exact) mass is 764 g/mol. The van der Waals surface area contributed by atoms with Crippen LogP contribution in [0.1, 0.15) is 43.9 Å². The minimum absolute atomic E-state index is 0.205. The van der Waals surface area contributed by atoms with Crippen LogP contribution in [0.2, 0.25) is 0 Å². The van der Waals surface area contributed by atoms with E-state index in [0.717, 1.165) is 0 Å². The third kappa shape index (κ3) is 5.32. The average molecular weight is 765 g/mol. The maximum atomic E-state index is 9.67. The third-order valence-electron chi connectivity index (χ3n) is 8.49. The van der Waals surface area contributed by atoms with Crippen molar-refractivity contribution in [3.8, 4) is 62.1 Å². The predicted octanol–water partition coefficient (Wildman–Crippen LogP) is 13.7. The molecule has 0 bridgehead atoms. The lowest BCUT2D eigenvalue weighted by atomic mass is 9.98. The summed E-state index contributed by atoms with van der Waals surface area (Å²) < 4.78 is 287. The first-order valence-corrected chi connectivity index (χ1v) is 17.0. The van der Waals surface area contributed by atoms with Crippen LogP contribution in [-0.4, -0.2) is 19.5 Å². The molecule has 0 saturated heterocycles. The van der Waals surface area contributed by atoms with Crippen LogP contribution >= 0.6 is 11.3 Å². The van der Waals surface area contributed by atoms with Crippen molar-refractivity contribution in [2.24, 2.45) is 0 Å². The van der Waals surface area contributed by atoms with Crippen LogP contribution < -0.4 is 0 Å². The first kappa shape index (κ1) is 13.5. The molecule has 0 aliphatic heterocycles. The van der Waals surface area contributed by atoms with Crippen molar-refractivity contribution in [3.05, 3.63) is 193 Å². The number of nitrogens with zero attached hydrogens (tertiary/aromatic N) is 4. The normalized spacial score (nSPS) is 19.6. The van der Waals surface area contributed by atoms with E-state index in [1.807, 2.05) is 0 Å². The summed E-state index contributed by atoms with van der Waals surface area (Å²) in [4.78, 5) is 13.6. The molecule has 0 amide bonds. The molecule has 0 atom stereocenters. The number of fused-ring (bicyclic) bond motifs is 6. The van der Waals surface area contributed by atoms with E-state index in [0.29, 0.717) is 15.9 Å². The molecule has 262 valence electrons. The van der Waals surface area contributed by atoms with Gasteiger partial charge >= 0.3 is 0 Å². The zero-order chi connectivity index (χ0) is 64.9. The van der Waals surface area contributed by atoms with E-state index >= 15 is 0 Å². The highest BCUT2D eigenvalue weighted by atomic mass is 32.1. The fourth-order valence-corrected chi connectivity index (χ4v) is 7.16. The quantitative estimate of drug-likeness (QED) is 0.169. The zero-order valence-corrected chi connectivity index (χ0v) is 28.5. The van der Waals surface area contributed by atoms with Gasteiger partial charge in [0.05, 0.1) is 54.9 Å². The van der Waals surface area contributed by atoms with Crippen molar-refractivity contribution in [1.82, 2.24) is 19.5 Å². The van der Waals surface area contributed by atoms with Gasteiger partial charge in [-0.25, -0.2) is 15.0 Å². The van der Waals surface area contributed by atoms with Crippen LogP contribution in [0, 0.1) is 0 Å². The maximum absolute atomic E-state index is 9.67. The van der Waals surface area contributed by atoms with Crippen LogP contribution in [0.4, 0.5) is 0 Å². The highest BCUT2D eigenvalue weighted by molar-refractivity contribution is 7.26. The largest absolute Gasteiger partial charge is 0.309 e. The molecule has 11 rings (SSSR count). The Morgan fingerprint density at radius 3 is 1.43 bits per heavy atom. The van der Waals surface area contributed by atoms with Gasteiger partial charge in [0.2, 0.25) is 0 Å². The van der Waals surface area contributed by atoms with E-state index in [1.54, 1.807) is 0 Å². The number of rotatable bonds is 6. The number of aromatic nitrogens is 4. The van der Waals surface area contributed by atoms with Gasteiger partial charge in [0.25, 0.3) is 0 Å². The molecule has 0 fully saturated rings. The SMILES string of the molecule is [2H]c1c([2H])c([2H])c(-c2c([2H])c([2H])c([2H])c([2H])c2-c2nc(-c3c([2H])c([2H])c([2H])c([2H])c3-c3c([2H])c([2H])c(-n4c5c([2H])c([2H])c([2H])c([2H])c5c5c([2H])c([2H])c([2H])c([2H])c54)c([2H])c3[2H])nc(-c3c([2H])c([2H])c([2H])c4c3sc3c([2H])c([2H])c([2H])c([2H])c34)n2)c([2H])c1[2H]. The van der Waals surface area contributed by atoms with Crippen molar-refractivity contribution in [3.63, 3.8) is 0 Å². The lowest BCUT2D eigenvalue weighted by Gasteiger charge is -2.14. The summed E-state index contributed by atoms with van der Waals surface area (Å²) >= 11 is 0.566. The molecule has 0 N–H and O–H groups in total. The molecule has 3 aromatic heterocycles. The molecule has 3 heterocycles. The average Bonchev–Trinajstić information content (AvgIpc) is 1.49. The molecule has 0 aliphatic carbocycles. The molecule has 8 aromatic carbocycles. The smallest absolute Gasteiger partial charge is 0.165 e. The summed E-state index contributed by atoms with van der Waals surface area (Å²) in [7, 11) is 0. The Morgan fingerprint density at radius 2 is 0.804 bits per heavy atom. The van der Waals surface area contributed by atoms with Crippen molar-refractivity contribution >= 4 is 53.3 Å². The van der Waals surface area contributed by atoms with Crippen molar-refractivity contribution < 1.29 is 43.9 Å². The van der Waals surface area contributed by atoms with Crippen LogP contribution in [0.15, 0.2) is 193 Å². The fraction of sp³-hybridized carbons (Fsp3) is 0. The second-order valence-electron chi connectivity index (χ2n) is 11.6. The second kappa shape index (κ2) is 13.3. The van der Waals surface area contributed by atoms with Gasteiger partial charge in [0.1, 0.15) is 0 Å². The van der Waals surface area contributed by atoms with E-state index < -0.39 is 277 Å². The summed E-state index contributed by atoms with van der Waals surface area (Å²) in [5, 5.41) is -1.66. The topological polar surface area (TPSA) is 43.6 Å². The fourth-order valence-electron chi connectivity index (χ4n) is 6.09. The molecule has 0 aliphatic rings. The minimum atomic E-state index is -1.18. The van der Waals surface area contributed by atoms with E-state index in [-0.39, 0.29) is 20.2 Å². The third-order valence-corrected chi connectivity index (χ3v) is 9.61. The lowest BCUT2D eigenvalue weighted by Crippen LogP contribution is -2.02. The summed E-state index contributed by atoms with van der Waals surface area (Å²) in [6.45, 7) is 0. The lowest BCUT2D eigenvalue weighted by molar-refractivity contribution is 1.08. The van der Waals surface area contributed by atoms with Crippen LogP contribution in [0.5, 0.6) is 0 Å². The van der Waals surface area contributed by atoms with Crippen molar-refractivity contribution in [1.29, 1.82) is 0 Å². The summed E-state index contributed by atoms with van der Waals surface area (Å²) in [5.41, 5.74) is -8.25. The standard InChI is InChI=1S/C51H32N4S/c1-2-15-33(16-3-1)36-17-4-6-22-42(36)49-52-50(54-51(53-49)44-25-14-24-41-40-21-10-13-28-47(40)56-48(41)44)43-23-7-5-18-37(43)34-29-31-35(32-30-34)55-45-26-11-8-19-38(45)39-20-9-12-27-46(39)55/h1-32H/i1D,2D,3D,4D,5D,6D,7D,8D,9D,10D,11D,12D,13D,14D,15D,16D,17D,18D,19D,20D,21D,22D,23D,24D,25D,26D,27D,28D,29D,30D,31D,32D. The molecular weight excluding hydrogens is 701 g/mol. The van der Waals surface area contributed by atoms with E-state index in [1.165, 1.54) is 0 Å². The minimum Gasteiger partial charge on any atom is -0.309 e. The predicted molar refractivity (Wildman–Crippen MR) is 234 cm³/mol. The van der Waals surface area contributed by atoms with Crippen molar-refractivity contribution in [2.75, 3.05) is 0 Å². The zero-order valence-electron chi connectivity index (χ0n) is 59.7.